The van der Waals surface area contributed by atoms with Crippen LogP contribution in [0, 0.1) is 52.3 Å². The smallest absolute Gasteiger partial charge is 0.338 e. The molecule has 4 N–H and O–H groups in total. The van der Waals surface area contributed by atoms with E-state index in [1.807, 2.05) is 0 Å². The van der Waals surface area contributed by atoms with Crippen molar-refractivity contribution in [1.29, 1.82) is 0 Å². The van der Waals surface area contributed by atoms with E-state index in [9.17, 15) is 25.2 Å². The van der Waals surface area contributed by atoms with Crippen molar-refractivity contribution < 1.29 is 34.7 Å². The van der Waals surface area contributed by atoms with Crippen LogP contribution in [0.15, 0.2) is 11.6 Å². The maximum absolute atomic E-state index is 12.9. The van der Waals surface area contributed by atoms with Crippen molar-refractivity contribution in [2.45, 2.75) is 149 Å². The van der Waals surface area contributed by atoms with E-state index in [0.29, 0.717) is 17.8 Å². The number of hydrogen-bond donors (Lipinski definition) is 4. The third-order valence-corrected chi connectivity index (χ3v) is 13.4. The molecule has 0 spiro atoms. The molecule has 4 aliphatic carbocycles. The molecule has 1 heterocycles. The molecule has 7 heteroatoms. The van der Waals surface area contributed by atoms with Crippen molar-refractivity contribution in [2.24, 2.45) is 52.3 Å². The Morgan fingerprint density at radius 3 is 2.40 bits per heavy atom. The number of hydrogen-bond acceptors (Lipinski definition) is 7. The van der Waals surface area contributed by atoms with Gasteiger partial charge in [-0.15, -0.1) is 0 Å². The molecule has 0 aromatic carbocycles. The number of ether oxygens (including phenoxy) is 2. The zero-order valence-electron chi connectivity index (χ0n) is 26.9. The highest BCUT2D eigenvalue weighted by Gasteiger charge is 2.59. The number of aliphatic hydroxyl groups is 4. The van der Waals surface area contributed by atoms with Gasteiger partial charge in [0.2, 0.25) is 0 Å². The summed E-state index contributed by atoms with van der Waals surface area (Å²) in [5, 5.41) is 39.8. The van der Waals surface area contributed by atoms with Crippen LogP contribution in [0.4, 0.5) is 0 Å². The molecule has 4 fully saturated rings. The Hall–Kier alpha value is -0.990. The van der Waals surface area contributed by atoms with Gasteiger partial charge in [0.1, 0.15) is 24.4 Å². The first kappa shape index (κ1) is 32.4. The third kappa shape index (κ3) is 5.63. The van der Waals surface area contributed by atoms with E-state index in [2.05, 4.69) is 47.6 Å². The predicted octanol–water partition coefficient (Wildman–Crippen LogP) is 5.38. The van der Waals surface area contributed by atoms with E-state index in [-0.39, 0.29) is 11.5 Å². The Morgan fingerprint density at radius 1 is 0.976 bits per heavy atom. The Morgan fingerprint density at radius 2 is 1.71 bits per heavy atom. The number of aliphatic hydroxyl groups excluding tert-OH is 4. The fourth-order valence-electron chi connectivity index (χ4n) is 10.7. The lowest BCUT2D eigenvalue weighted by Gasteiger charge is -2.58. The second-order valence-electron chi connectivity index (χ2n) is 15.7. The second kappa shape index (κ2) is 12.4. The molecule has 0 aromatic heterocycles. The number of allylic oxidation sites excluding steroid dienone is 1. The van der Waals surface area contributed by atoms with Crippen molar-refractivity contribution in [1.82, 2.24) is 0 Å². The molecule has 1 aliphatic heterocycles. The van der Waals surface area contributed by atoms with Crippen molar-refractivity contribution >= 4 is 5.97 Å². The maximum atomic E-state index is 12.9. The zero-order valence-corrected chi connectivity index (χ0v) is 26.9. The summed E-state index contributed by atoms with van der Waals surface area (Å²) in [4.78, 5) is 12.9. The summed E-state index contributed by atoms with van der Waals surface area (Å²) in [7, 11) is 0. The van der Waals surface area contributed by atoms with Gasteiger partial charge >= 0.3 is 5.97 Å². The summed E-state index contributed by atoms with van der Waals surface area (Å²) in [6.07, 6.45) is 6.73. The van der Waals surface area contributed by atoms with E-state index in [1.54, 1.807) is 0 Å². The molecule has 240 valence electrons. The van der Waals surface area contributed by atoms with Gasteiger partial charge in [0.25, 0.3) is 0 Å². The van der Waals surface area contributed by atoms with E-state index < -0.39 is 36.7 Å². The van der Waals surface area contributed by atoms with E-state index in [1.165, 1.54) is 50.5 Å². The maximum Gasteiger partial charge on any atom is 0.338 e. The first-order valence-electron chi connectivity index (χ1n) is 17.1. The predicted molar refractivity (Wildman–Crippen MR) is 161 cm³/mol. The number of fused-ring (bicyclic) bond motifs is 5. The molecule has 14 atom stereocenters. The van der Waals surface area contributed by atoms with Crippen LogP contribution >= 0.6 is 0 Å². The van der Waals surface area contributed by atoms with Crippen LogP contribution in [-0.2, 0) is 14.3 Å². The van der Waals surface area contributed by atoms with Crippen LogP contribution < -0.4 is 0 Å². The Kier molecular flexibility index (Phi) is 9.58. The van der Waals surface area contributed by atoms with Gasteiger partial charge < -0.3 is 29.9 Å². The van der Waals surface area contributed by atoms with Gasteiger partial charge in [-0.05, 0) is 104 Å². The Balaban J connectivity index is 1.22. The molecule has 5 rings (SSSR count). The number of carbonyl (C=O) groups is 1. The topological polar surface area (TPSA) is 116 Å². The summed E-state index contributed by atoms with van der Waals surface area (Å²) >= 11 is 0. The van der Waals surface area contributed by atoms with Gasteiger partial charge in [-0.2, -0.15) is 0 Å². The Bertz CT molecular complexity index is 996. The summed E-state index contributed by atoms with van der Waals surface area (Å²) in [5.74, 6) is 4.63. The highest BCUT2D eigenvalue weighted by Crippen LogP contribution is 2.67. The highest BCUT2D eigenvalue weighted by atomic mass is 16.7. The van der Waals surface area contributed by atoms with Gasteiger partial charge in [0.15, 0.2) is 12.4 Å². The van der Waals surface area contributed by atoms with E-state index in [0.717, 1.165) is 54.8 Å². The summed E-state index contributed by atoms with van der Waals surface area (Å²) in [6.45, 7) is 14.7. The number of carbonyl (C=O) groups excluding carboxylic acids is 1. The summed E-state index contributed by atoms with van der Waals surface area (Å²) < 4.78 is 10.9. The van der Waals surface area contributed by atoms with Crippen molar-refractivity contribution in [3.63, 3.8) is 0 Å². The van der Waals surface area contributed by atoms with Crippen LogP contribution in [0.5, 0.6) is 0 Å². The quantitative estimate of drug-likeness (QED) is 0.222. The average molecular weight is 591 g/mol. The number of esters is 1. The van der Waals surface area contributed by atoms with Crippen LogP contribution in [0.3, 0.4) is 0 Å². The molecular weight excluding hydrogens is 532 g/mol. The van der Waals surface area contributed by atoms with Gasteiger partial charge in [0.05, 0.1) is 0 Å². The molecule has 0 unspecified atom stereocenters. The van der Waals surface area contributed by atoms with Crippen molar-refractivity contribution in [2.75, 3.05) is 0 Å². The Labute approximate surface area is 253 Å². The fourth-order valence-corrected chi connectivity index (χ4v) is 10.7. The molecule has 7 nitrogen and oxygen atoms in total. The van der Waals surface area contributed by atoms with E-state index in [4.69, 9.17) is 9.47 Å². The molecule has 0 amide bonds. The van der Waals surface area contributed by atoms with Gasteiger partial charge in [-0.3, -0.25) is 0 Å². The van der Waals surface area contributed by atoms with E-state index >= 15 is 0 Å². The zero-order chi connectivity index (χ0) is 30.6. The van der Waals surface area contributed by atoms with Crippen LogP contribution in [-0.4, -0.2) is 63.2 Å². The van der Waals surface area contributed by atoms with Gasteiger partial charge in [0, 0.05) is 6.42 Å². The molecular formula is C35H58O7. The average Bonchev–Trinajstić information content (AvgIpc) is 3.31. The summed E-state index contributed by atoms with van der Waals surface area (Å²) in [6, 6.07) is 0. The first-order chi connectivity index (χ1) is 19.8. The molecule has 0 aromatic rings. The van der Waals surface area contributed by atoms with Gasteiger partial charge in [-0.1, -0.05) is 66.0 Å². The molecule has 1 saturated heterocycles. The largest absolute Gasteiger partial charge is 0.460 e. The lowest BCUT2D eigenvalue weighted by atomic mass is 9.47. The minimum Gasteiger partial charge on any atom is -0.460 e. The molecule has 42 heavy (non-hydrogen) atoms. The molecule has 0 bridgehead atoms. The normalized spacial score (nSPS) is 46.7. The SMILES string of the molecule is CC[C@H](CC[C@@H](C)[C@H]1CC[C@H]2[C@@H]3CC=C4C[C@@H](OC(=O)[C@H]5O[C@@H](O)[C@H](O)[C@@H](O)[C@@H]5O)CC[C@]4(C)[C@H]3CC[C@]12C)C(C)C. The fraction of sp³-hybridized carbons (Fsp3) is 0.914. The second-order valence-corrected chi connectivity index (χ2v) is 15.7. The van der Waals surface area contributed by atoms with Crippen LogP contribution in [0.2, 0.25) is 0 Å². The number of rotatable bonds is 8. The monoisotopic (exact) mass is 590 g/mol. The van der Waals surface area contributed by atoms with Crippen molar-refractivity contribution in [3.8, 4) is 0 Å². The first-order valence-corrected chi connectivity index (χ1v) is 17.1. The minimum absolute atomic E-state index is 0.125. The van der Waals surface area contributed by atoms with Gasteiger partial charge in [-0.25, -0.2) is 4.79 Å². The molecule has 3 saturated carbocycles. The molecule has 0 radical (unpaired) electrons. The van der Waals surface area contributed by atoms with Crippen LogP contribution in [0.25, 0.3) is 0 Å². The minimum atomic E-state index is -1.75. The van der Waals surface area contributed by atoms with Crippen molar-refractivity contribution in [3.05, 3.63) is 11.6 Å². The summed E-state index contributed by atoms with van der Waals surface area (Å²) in [5.41, 5.74) is 1.97. The highest BCUT2D eigenvalue weighted by molar-refractivity contribution is 5.76. The standard InChI is InChI=1S/C35H58O7/c1-7-21(19(2)3)9-8-20(4)25-12-13-26-24-11-10-22-18-23(14-16-34(22,5)27(24)15-17-35(25,26)6)41-33(40)31-29(37)28(36)30(38)32(39)42-31/h10,19-21,23-32,36-39H,7-9,11-18H2,1-6H3/t20-,21-,23+,24+,25-,26+,27+,28+,29+,30-,31+,32-,34+,35-/m1/s1. The lowest BCUT2D eigenvalue weighted by molar-refractivity contribution is -0.282. The molecule has 5 aliphatic rings. The lowest BCUT2D eigenvalue weighted by Crippen LogP contribution is -2.60. The van der Waals surface area contributed by atoms with Crippen LogP contribution in [0.1, 0.15) is 112 Å². The third-order valence-electron chi connectivity index (χ3n) is 13.4.